The smallest absolute Gasteiger partial charge is 0.306 e. The summed E-state index contributed by atoms with van der Waals surface area (Å²) in [6, 6.07) is 6.37. The van der Waals surface area contributed by atoms with E-state index in [-0.39, 0.29) is 5.97 Å². The molecule has 0 spiro atoms. The van der Waals surface area contributed by atoms with Crippen LogP contribution in [0.4, 0.5) is 0 Å². The molecule has 17 heavy (non-hydrogen) atoms. The van der Waals surface area contributed by atoms with E-state index in [1.54, 1.807) is 0 Å². The normalized spacial score (nSPS) is 14.2. The Hall–Kier alpha value is -1.35. The van der Waals surface area contributed by atoms with Gasteiger partial charge in [-0.3, -0.25) is 4.79 Å². The lowest BCUT2D eigenvalue weighted by molar-refractivity contribution is -0.143. The van der Waals surface area contributed by atoms with Crippen molar-refractivity contribution in [1.82, 2.24) is 5.32 Å². The molecule has 0 atom stereocenters. The van der Waals surface area contributed by atoms with E-state index in [1.165, 1.54) is 16.7 Å². The number of rotatable bonds is 4. The molecule has 0 saturated heterocycles. The van der Waals surface area contributed by atoms with E-state index in [4.69, 9.17) is 4.74 Å². The summed E-state index contributed by atoms with van der Waals surface area (Å²) in [6.07, 6.45) is 2.34. The van der Waals surface area contributed by atoms with Gasteiger partial charge < -0.3 is 10.1 Å². The number of benzene rings is 1. The predicted molar refractivity (Wildman–Crippen MR) is 66.8 cm³/mol. The number of ether oxygens (including phenoxy) is 1. The summed E-state index contributed by atoms with van der Waals surface area (Å²) >= 11 is 0. The molecule has 92 valence electrons. The SMILES string of the molecule is CCOC(=O)CCc1cccc2c1CCNC2. The summed E-state index contributed by atoms with van der Waals surface area (Å²) in [4.78, 5) is 11.3. The van der Waals surface area contributed by atoms with Crippen molar-refractivity contribution in [2.24, 2.45) is 0 Å². The van der Waals surface area contributed by atoms with E-state index < -0.39 is 0 Å². The van der Waals surface area contributed by atoms with Gasteiger partial charge >= 0.3 is 5.97 Å². The topological polar surface area (TPSA) is 38.3 Å². The van der Waals surface area contributed by atoms with Gasteiger partial charge in [-0.05, 0) is 43.0 Å². The first-order valence-electron chi connectivity index (χ1n) is 6.27. The van der Waals surface area contributed by atoms with Crippen molar-refractivity contribution in [3.05, 3.63) is 34.9 Å². The second-order valence-corrected chi connectivity index (χ2v) is 4.29. The molecule has 0 unspecified atom stereocenters. The number of carbonyl (C=O) groups excluding carboxylic acids is 1. The number of esters is 1. The third kappa shape index (κ3) is 3.07. The van der Waals surface area contributed by atoms with Crippen LogP contribution < -0.4 is 5.32 Å². The summed E-state index contributed by atoms with van der Waals surface area (Å²) in [5.41, 5.74) is 4.10. The monoisotopic (exact) mass is 233 g/mol. The lowest BCUT2D eigenvalue weighted by atomic mass is 9.93. The predicted octanol–water partition coefficient (Wildman–Crippen LogP) is 1.83. The van der Waals surface area contributed by atoms with Gasteiger partial charge in [0.2, 0.25) is 0 Å². The van der Waals surface area contributed by atoms with Gasteiger partial charge in [-0.2, -0.15) is 0 Å². The maximum atomic E-state index is 11.3. The van der Waals surface area contributed by atoms with Gasteiger partial charge in [0.15, 0.2) is 0 Å². The third-order valence-electron chi connectivity index (χ3n) is 3.14. The highest BCUT2D eigenvalue weighted by molar-refractivity contribution is 5.69. The van der Waals surface area contributed by atoms with E-state index in [1.807, 2.05) is 6.92 Å². The fourth-order valence-corrected chi connectivity index (χ4v) is 2.32. The largest absolute Gasteiger partial charge is 0.466 e. The van der Waals surface area contributed by atoms with E-state index in [2.05, 4.69) is 23.5 Å². The van der Waals surface area contributed by atoms with Crippen LogP contribution in [-0.2, 0) is 28.9 Å². The zero-order valence-corrected chi connectivity index (χ0v) is 10.3. The van der Waals surface area contributed by atoms with Crippen LogP contribution >= 0.6 is 0 Å². The van der Waals surface area contributed by atoms with Crippen molar-refractivity contribution >= 4 is 5.97 Å². The van der Waals surface area contributed by atoms with Gasteiger partial charge in [0.25, 0.3) is 0 Å². The first kappa shape index (κ1) is 12.1. The van der Waals surface area contributed by atoms with Gasteiger partial charge in [0.05, 0.1) is 6.61 Å². The lowest BCUT2D eigenvalue weighted by Gasteiger charge is -2.20. The molecule has 0 aromatic heterocycles. The van der Waals surface area contributed by atoms with Crippen molar-refractivity contribution in [3.8, 4) is 0 Å². The van der Waals surface area contributed by atoms with Gasteiger partial charge in [-0.15, -0.1) is 0 Å². The van der Waals surface area contributed by atoms with Crippen LogP contribution in [0.25, 0.3) is 0 Å². The standard InChI is InChI=1S/C14H19NO2/c1-2-17-14(16)7-6-11-4-3-5-12-10-15-9-8-13(11)12/h3-5,15H,2,6-10H2,1H3. The Kier molecular flexibility index (Phi) is 4.15. The molecule has 1 aliphatic rings. The molecule has 0 radical (unpaired) electrons. The Morgan fingerprint density at radius 2 is 2.35 bits per heavy atom. The second-order valence-electron chi connectivity index (χ2n) is 4.29. The molecule has 1 aromatic rings. The maximum Gasteiger partial charge on any atom is 0.306 e. The number of hydrogen-bond acceptors (Lipinski definition) is 3. The summed E-state index contributed by atoms with van der Waals surface area (Å²) < 4.78 is 4.96. The molecule has 2 rings (SSSR count). The highest BCUT2D eigenvalue weighted by atomic mass is 16.5. The van der Waals surface area contributed by atoms with Crippen LogP contribution in [0.5, 0.6) is 0 Å². The number of aryl methyl sites for hydroxylation is 1. The van der Waals surface area contributed by atoms with Crippen LogP contribution in [0.2, 0.25) is 0 Å². The van der Waals surface area contributed by atoms with Crippen LogP contribution in [-0.4, -0.2) is 19.1 Å². The fraction of sp³-hybridized carbons (Fsp3) is 0.500. The zero-order valence-electron chi connectivity index (χ0n) is 10.3. The average Bonchev–Trinajstić information content (AvgIpc) is 2.36. The molecular weight excluding hydrogens is 214 g/mol. The van der Waals surface area contributed by atoms with Gasteiger partial charge in [0.1, 0.15) is 0 Å². The summed E-state index contributed by atoms with van der Waals surface area (Å²) in [5.74, 6) is -0.0981. The average molecular weight is 233 g/mol. The Morgan fingerprint density at radius 3 is 3.18 bits per heavy atom. The van der Waals surface area contributed by atoms with Crippen LogP contribution in [0, 0.1) is 0 Å². The minimum atomic E-state index is -0.0981. The number of fused-ring (bicyclic) bond motifs is 1. The summed E-state index contributed by atoms with van der Waals surface area (Å²) in [7, 11) is 0. The summed E-state index contributed by atoms with van der Waals surface area (Å²) in [6.45, 7) is 4.29. The minimum absolute atomic E-state index is 0.0981. The number of hydrogen-bond donors (Lipinski definition) is 1. The van der Waals surface area contributed by atoms with Crippen LogP contribution in [0.1, 0.15) is 30.0 Å². The minimum Gasteiger partial charge on any atom is -0.466 e. The number of carbonyl (C=O) groups is 1. The van der Waals surface area contributed by atoms with E-state index in [0.717, 1.165) is 25.9 Å². The summed E-state index contributed by atoms with van der Waals surface area (Å²) in [5, 5.41) is 3.36. The lowest BCUT2D eigenvalue weighted by Crippen LogP contribution is -2.24. The Morgan fingerprint density at radius 1 is 1.47 bits per heavy atom. The molecule has 0 aliphatic carbocycles. The molecule has 1 aliphatic heterocycles. The fourth-order valence-electron chi connectivity index (χ4n) is 2.32. The van der Waals surface area contributed by atoms with E-state index in [0.29, 0.717) is 13.0 Å². The Balaban J connectivity index is 2.03. The van der Waals surface area contributed by atoms with Crippen molar-refractivity contribution in [2.45, 2.75) is 32.7 Å². The first-order chi connectivity index (χ1) is 8.31. The first-order valence-corrected chi connectivity index (χ1v) is 6.27. The molecule has 3 heteroatoms. The molecule has 1 heterocycles. The van der Waals surface area contributed by atoms with Crippen molar-refractivity contribution in [3.63, 3.8) is 0 Å². The Labute approximate surface area is 102 Å². The highest BCUT2D eigenvalue weighted by Crippen LogP contribution is 2.20. The molecule has 1 N–H and O–H groups in total. The molecule has 3 nitrogen and oxygen atoms in total. The molecule has 0 saturated carbocycles. The van der Waals surface area contributed by atoms with E-state index in [9.17, 15) is 4.79 Å². The molecule has 0 fully saturated rings. The zero-order chi connectivity index (χ0) is 12.1. The van der Waals surface area contributed by atoms with E-state index >= 15 is 0 Å². The van der Waals surface area contributed by atoms with Crippen molar-refractivity contribution in [1.29, 1.82) is 0 Å². The Bertz CT molecular complexity index is 401. The molecule has 1 aromatic carbocycles. The van der Waals surface area contributed by atoms with Gasteiger partial charge in [0, 0.05) is 13.0 Å². The van der Waals surface area contributed by atoms with Crippen molar-refractivity contribution in [2.75, 3.05) is 13.2 Å². The molecule has 0 bridgehead atoms. The van der Waals surface area contributed by atoms with Crippen molar-refractivity contribution < 1.29 is 9.53 Å². The van der Waals surface area contributed by atoms with Crippen LogP contribution in [0.3, 0.4) is 0 Å². The van der Waals surface area contributed by atoms with Gasteiger partial charge in [-0.25, -0.2) is 0 Å². The quantitative estimate of drug-likeness (QED) is 0.806. The molecular formula is C14H19NO2. The number of nitrogens with one attached hydrogen (secondary N) is 1. The van der Waals surface area contributed by atoms with Gasteiger partial charge in [-0.1, -0.05) is 18.2 Å². The molecule has 0 amide bonds. The maximum absolute atomic E-state index is 11.3. The second kappa shape index (κ2) is 5.82. The third-order valence-corrected chi connectivity index (χ3v) is 3.14. The van der Waals surface area contributed by atoms with Crippen LogP contribution in [0.15, 0.2) is 18.2 Å². The highest BCUT2D eigenvalue weighted by Gasteiger charge is 2.13.